The maximum atomic E-state index is 5.65. The third-order valence-electron chi connectivity index (χ3n) is 3.04. The fourth-order valence-electron chi connectivity index (χ4n) is 2.33. The van der Waals surface area contributed by atoms with Crippen LogP contribution in [0, 0.1) is 5.92 Å². The first kappa shape index (κ1) is 6.62. The van der Waals surface area contributed by atoms with Crippen molar-refractivity contribution in [2.45, 2.75) is 25.3 Å². The van der Waals surface area contributed by atoms with E-state index in [0.717, 1.165) is 18.5 Å². The standard InChI is InChI=1S/C8H16N2/c9-6-8-5-7-1-3-10(8)4-2-7/h7-8H,1-6,9H2. The SMILES string of the molecule is NCC1CC2CCN1CC2. The topological polar surface area (TPSA) is 29.3 Å². The molecule has 1 unspecified atom stereocenters. The highest BCUT2D eigenvalue weighted by atomic mass is 15.2. The Kier molecular flexibility index (Phi) is 1.66. The molecule has 58 valence electrons. The lowest BCUT2D eigenvalue weighted by Gasteiger charge is -2.45. The summed E-state index contributed by atoms with van der Waals surface area (Å²) in [6.45, 7) is 3.50. The highest BCUT2D eigenvalue weighted by molar-refractivity contribution is 4.87. The van der Waals surface area contributed by atoms with E-state index in [9.17, 15) is 0 Å². The molecule has 0 aromatic carbocycles. The van der Waals surface area contributed by atoms with E-state index in [4.69, 9.17) is 5.73 Å². The van der Waals surface area contributed by atoms with Gasteiger partial charge >= 0.3 is 0 Å². The second-order valence-electron chi connectivity index (χ2n) is 3.60. The zero-order valence-electron chi connectivity index (χ0n) is 6.42. The smallest absolute Gasteiger partial charge is 0.0221 e. The Bertz CT molecular complexity index is 116. The molecular weight excluding hydrogens is 124 g/mol. The van der Waals surface area contributed by atoms with Crippen LogP contribution in [0.1, 0.15) is 19.3 Å². The second kappa shape index (κ2) is 2.51. The summed E-state index contributed by atoms with van der Waals surface area (Å²) in [4.78, 5) is 2.56. The molecule has 3 fully saturated rings. The van der Waals surface area contributed by atoms with Gasteiger partial charge in [-0.2, -0.15) is 0 Å². The number of nitrogens with zero attached hydrogens (tertiary/aromatic N) is 1. The van der Waals surface area contributed by atoms with Gasteiger partial charge in [-0.15, -0.1) is 0 Å². The van der Waals surface area contributed by atoms with Crippen molar-refractivity contribution in [3.8, 4) is 0 Å². The molecule has 3 rings (SSSR count). The van der Waals surface area contributed by atoms with E-state index in [1.165, 1.54) is 32.4 Å². The molecule has 0 amide bonds. The van der Waals surface area contributed by atoms with E-state index in [1.54, 1.807) is 0 Å². The summed E-state index contributed by atoms with van der Waals surface area (Å²) in [5, 5.41) is 0. The molecule has 0 aliphatic carbocycles. The van der Waals surface area contributed by atoms with Crippen molar-refractivity contribution in [3.05, 3.63) is 0 Å². The Balaban J connectivity index is 2.01. The highest BCUT2D eigenvalue weighted by Crippen LogP contribution is 2.30. The zero-order valence-corrected chi connectivity index (χ0v) is 6.42. The molecule has 3 saturated heterocycles. The first-order chi connectivity index (χ1) is 4.90. The van der Waals surface area contributed by atoms with E-state index >= 15 is 0 Å². The third-order valence-corrected chi connectivity index (χ3v) is 3.04. The number of hydrogen-bond acceptors (Lipinski definition) is 2. The van der Waals surface area contributed by atoms with Crippen molar-refractivity contribution >= 4 is 0 Å². The van der Waals surface area contributed by atoms with Crippen LogP contribution >= 0.6 is 0 Å². The predicted octanol–water partition coefficient (Wildman–Crippen LogP) is 0.429. The van der Waals surface area contributed by atoms with Crippen LogP contribution in [0.3, 0.4) is 0 Å². The van der Waals surface area contributed by atoms with Gasteiger partial charge in [0.05, 0.1) is 0 Å². The summed E-state index contributed by atoms with van der Waals surface area (Å²) < 4.78 is 0. The number of nitrogens with two attached hydrogens (primary N) is 1. The molecule has 0 spiro atoms. The van der Waals surface area contributed by atoms with Gasteiger partial charge in [-0.1, -0.05) is 0 Å². The molecular formula is C8H16N2. The Morgan fingerprint density at radius 2 is 2.00 bits per heavy atom. The van der Waals surface area contributed by atoms with E-state index in [1.807, 2.05) is 0 Å². The minimum atomic E-state index is 0.729. The Morgan fingerprint density at radius 1 is 1.30 bits per heavy atom. The average molecular weight is 140 g/mol. The molecule has 0 radical (unpaired) electrons. The summed E-state index contributed by atoms with van der Waals surface area (Å²) >= 11 is 0. The van der Waals surface area contributed by atoms with Gasteiger partial charge in [-0.25, -0.2) is 0 Å². The van der Waals surface area contributed by atoms with Gasteiger partial charge < -0.3 is 5.73 Å². The van der Waals surface area contributed by atoms with Crippen molar-refractivity contribution in [2.24, 2.45) is 11.7 Å². The molecule has 0 aromatic rings. The first-order valence-corrected chi connectivity index (χ1v) is 4.34. The fraction of sp³-hybridized carbons (Fsp3) is 1.00. The van der Waals surface area contributed by atoms with E-state index in [0.29, 0.717) is 0 Å². The largest absolute Gasteiger partial charge is 0.329 e. The minimum absolute atomic E-state index is 0.729. The molecule has 2 nitrogen and oxygen atoms in total. The van der Waals surface area contributed by atoms with Gasteiger partial charge in [-0.05, 0) is 38.3 Å². The van der Waals surface area contributed by atoms with Crippen LogP contribution in [0.5, 0.6) is 0 Å². The van der Waals surface area contributed by atoms with E-state index in [2.05, 4.69) is 4.90 Å². The van der Waals surface area contributed by atoms with Gasteiger partial charge in [0.25, 0.3) is 0 Å². The summed E-state index contributed by atoms with van der Waals surface area (Å²) in [5.74, 6) is 1.01. The van der Waals surface area contributed by atoms with E-state index < -0.39 is 0 Å². The van der Waals surface area contributed by atoms with Crippen molar-refractivity contribution in [2.75, 3.05) is 19.6 Å². The molecule has 3 aliphatic rings. The summed E-state index contributed by atoms with van der Waals surface area (Å²) in [6.07, 6.45) is 4.23. The zero-order chi connectivity index (χ0) is 6.97. The van der Waals surface area contributed by atoms with Crippen LogP contribution in [-0.4, -0.2) is 30.6 Å². The minimum Gasteiger partial charge on any atom is -0.329 e. The Hall–Kier alpha value is -0.0800. The quantitative estimate of drug-likeness (QED) is 0.572. The maximum Gasteiger partial charge on any atom is 0.0221 e. The number of piperidine rings is 3. The molecule has 2 heteroatoms. The summed E-state index contributed by atoms with van der Waals surface area (Å²) in [6, 6.07) is 0.729. The molecule has 2 bridgehead atoms. The van der Waals surface area contributed by atoms with Crippen molar-refractivity contribution in [1.29, 1.82) is 0 Å². The van der Waals surface area contributed by atoms with Gasteiger partial charge in [-0.3, -0.25) is 4.90 Å². The lowest BCUT2D eigenvalue weighted by Crippen LogP contribution is -2.51. The fourth-order valence-corrected chi connectivity index (χ4v) is 2.33. The van der Waals surface area contributed by atoms with Gasteiger partial charge in [0, 0.05) is 12.6 Å². The average Bonchev–Trinajstić information content (AvgIpc) is 2.06. The maximum absolute atomic E-state index is 5.65. The highest BCUT2D eigenvalue weighted by Gasteiger charge is 2.32. The predicted molar refractivity (Wildman–Crippen MR) is 41.8 cm³/mol. The third kappa shape index (κ3) is 0.956. The molecule has 3 aliphatic heterocycles. The van der Waals surface area contributed by atoms with Gasteiger partial charge in [0.15, 0.2) is 0 Å². The molecule has 1 atom stereocenters. The first-order valence-electron chi connectivity index (χ1n) is 4.34. The second-order valence-corrected chi connectivity index (χ2v) is 3.60. The van der Waals surface area contributed by atoms with Gasteiger partial charge in [0.1, 0.15) is 0 Å². The van der Waals surface area contributed by atoms with Gasteiger partial charge in [0.2, 0.25) is 0 Å². The number of rotatable bonds is 1. The number of fused-ring (bicyclic) bond motifs is 3. The molecule has 10 heavy (non-hydrogen) atoms. The monoisotopic (exact) mass is 140 g/mol. The van der Waals surface area contributed by atoms with Crippen LogP contribution in [0.4, 0.5) is 0 Å². The lowest BCUT2D eigenvalue weighted by molar-refractivity contribution is 0.0542. The van der Waals surface area contributed by atoms with Crippen LogP contribution in [0.2, 0.25) is 0 Å². The summed E-state index contributed by atoms with van der Waals surface area (Å²) in [5.41, 5.74) is 5.65. The van der Waals surface area contributed by atoms with Crippen LogP contribution in [0.15, 0.2) is 0 Å². The van der Waals surface area contributed by atoms with Crippen LogP contribution in [0.25, 0.3) is 0 Å². The molecule has 3 heterocycles. The molecule has 2 N–H and O–H groups in total. The number of hydrogen-bond donors (Lipinski definition) is 1. The van der Waals surface area contributed by atoms with Crippen LogP contribution in [-0.2, 0) is 0 Å². The Labute approximate surface area is 62.4 Å². The van der Waals surface area contributed by atoms with E-state index in [-0.39, 0.29) is 0 Å². The molecule has 0 aromatic heterocycles. The van der Waals surface area contributed by atoms with Crippen molar-refractivity contribution < 1.29 is 0 Å². The lowest BCUT2D eigenvalue weighted by atomic mass is 9.83. The normalized spacial score (nSPS) is 45.9. The van der Waals surface area contributed by atoms with Crippen molar-refractivity contribution in [1.82, 2.24) is 4.90 Å². The van der Waals surface area contributed by atoms with Crippen LogP contribution < -0.4 is 5.73 Å². The summed E-state index contributed by atoms with van der Waals surface area (Å²) in [7, 11) is 0. The Morgan fingerprint density at radius 3 is 2.30 bits per heavy atom. The van der Waals surface area contributed by atoms with Crippen molar-refractivity contribution in [3.63, 3.8) is 0 Å². The molecule has 0 saturated carbocycles.